The molecule has 0 aromatic carbocycles. The third kappa shape index (κ3) is 3.48. The minimum Gasteiger partial charge on any atom is -0.310 e. The molecule has 2 unspecified atom stereocenters. The first kappa shape index (κ1) is 14.3. The predicted molar refractivity (Wildman–Crippen MR) is 79.0 cm³/mol. The van der Waals surface area contributed by atoms with Crippen molar-refractivity contribution in [2.75, 3.05) is 19.6 Å². The van der Waals surface area contributed by atoms with Gasteiger partial charge in [0.05, 0.1) is 0 Å². The van der Waals surface area contributed by atoms with E-state index < -0.39 is 0 Å². The fourth-order valence-electron chi connectivity index (χ4n) is 3.76. The second-order valence-corrected chi connectivity index (χ2v) is 6.44. The summed E-state index contributed by atoms with van der Waals surface area (Å²) in [5, 5.41) is 3.70. The van der Waals surface area contributed by atoms with Crippen molar-refractivity contribution in [1.82, 2.24) is 10.2 Å². The third-order valence-corrected chi connectivity index (χ3v) is 5.09. The molecule has 2 nitrogen and oxygen atoms in total. The Morgan fingerprint density at radius 2 is 2.00 bits per heavy atom. The second kappa shape index (κ2) is 6.91. The summed E-state index contributed by atoms with van der Waals surface area (Å²) in [5.41, 5.74) is 0.523. The lowest BCUT2D eigenvalue weighted by molar-refractivity contribution is 0.0401. The fraction of sp³-hybridized carbons (Fsp3) is 1.00. The summed E-state index contributed by atoms with van der Waals surface area (Å²) in [7, 11) is 0. The van der Waals surface area contributed by atoms with E-state index in [1.807, 2.05) is 0 Å². The summed E-state index contributed by atoms with van der Waals surface area (Å²) in [6.45, 7) is 8.59. The number of rotatable bonds is 7. The molecule has 2 saturated heterocycles. The van der Waals surface area contributed by atoms with Gasteiger partial charge in [0.25, 0.3) is 0 Å². The largest absolute Gasteiger partial charge is 0.310 e. The van der Waals surface area contributed by atoms with Gasteiger partial charge in [-0.05, 0) is 45.2 Å². The van der Waals surface area contributed by atoms with Crippen LogP contribution in [-0.2, 0) is 0 Å². The highest BCUT2D eigenvalue weighted by atomic mass is 15.2. The van der Waals surface area contributed by atoms with Crippen LogP contribution in [0, 0.1) is 0 Å². The number of piperidine rings is 1. The van der Waals surface area contributed by atoms with Gasteiger partial charge in [-0.3, -0.25) is 4.90 Å². The Labute approximate surface area is 114 Å². The highest BCUT2D eigenvalue weighted by molar-refractivity contribution is 5.02. The Kier molecular flexibility index (Phi) is 5.50. The number of unbranched alkanes of at least 4 members (excludes halogenated alkanes) is 3. The second-order valence-electron chi connectivity index (χ2n) is 6.44. The summed E-state index contributed by atoms with van der Waals surface area (Å²) in [5.74, 6) is 0. The molecule has 0 saturated carbocycles. The Hall–Kier alpha value is -0.0800. The van der Waals surface area contributed by atoms with Crippen LogP contribution in [0.25, 0.3) is 0 Å². The van der Waals surface area contributed by atoms with Crippen molar-refractivity contribution in [1.29, 1.82) is 0 Å². The van der Waals surface area contributed by atoms with E-state index in [2.05, 4.69) is 24.1 Å². The molecular weight excluding hydrogens is 220 g/mol. The zero-order valence-electron chi connectivity index (χ0n) is 12.5. The van der Waals surface area contributed by atoms with Crippen LogP contribution in [0.1, 0.15) is 71.6 Å². The Morgan fingerprint density at radius 1 is 1.17 bits per heavy atom. The molecule has 0 aromatic heterocycles. The molecule has 0 aromatic rings. The van der Waals surface area contributed by atoms with Crippen LogP contribution in [0.3, 0.4) is 0 Å². The van der Waals surface area contributed by atoms with Gasteiger partial charge in [-0.25, -0.2) is 0 Å². The summed E-state index contributed by atoms with van der Waals surface area (Å²) in [4.78, 5) is 2.79. The molecule has 2 atom stereocenters. The van der Waals surface area contributed by atoms with Crippen LogP contribution in [0.5, 0.6) is 0 Å². The van der Waals surface area contributed by atoms with Crippen molar-refractivity contribution >= 4 is 0 Å². The molecule has 0 amide bonds. The number of nitrogens with zero attached hydrogens (tertiary/aromatic N) is 1. The Balaban J connectivity index is 1.76. The lowest BCUT2D eigenvalue weighted by Crippen LogP contribution is -2.66. The normalized spacial score (nSPS) is 30.3. The molecule has 0 aliphatic carbocycles. The zero-order valence-corrected chi connectivity index (χ0v) is 12.5. The summed E-state index contributed by atoms with van der Waals surface area (Å²) >= 11 is 0. The van der Waals surface area contributed by atoms with Crippen molar-refractivity contribution < 1.29 is 0 Å². The molecule has 18 heavy (non-hydrogen) atoms. The van der Waals surface area contributed by atoms with Gasteiger partial charge in [0, 0.05) is 18.1 Å². The molecule has 0 radical (unpaired) electrons. The highest BCUT2D eigenvalue weighted by Crippen LogP contribution is 2.31. The first-order chi connectivity index (χ1) is 8.79. The van der Waals surface area contributed by atoms with Crippen LogP contribution >= 0.6 is 0 Å². The summed E-state index contributed by atoms with van der Waals surface area (Å²) < 4.78 is 0. The molecule has 106 valence electrons. The first-order valence-corrected chi connectivity index (χ1v) is 8.29. The van der Waals surface area contributed by atoms with Gasteiger partial charge < -0.3 is 5.32 Å². The SMILES string of the molecule is CCCCCCC(CC)N1CCCC2(CCN2)C1. The minimum absolute atomic E-state index is 0.523. The van der Waals surface area contributed by atoms with E-state index >= 15 is 0 Å². The van der Waals surface area contributed by atoms with E-state index in [1.54, 1.807) is 0 Å². The smallest absolute Gasteiger partial charge is 0.0321 e. The molecule has 2 aliphatic heterocycles. The van der Waals surface area contributed by atoms with E-state index in [-0.39, 0.29) is 0 Å². The van der Waals surface area contributed by atoms with E-state index in [1.165, 1.54) is 77.4 Å². The topological polar surface area (TPSA) is 15.3 Å². The van der Waals surface area contributed by atoms with Crippen LogP contribution in [0.4, 0.5) is 0 Å². The third-order valence-electron chi connectivity index (χ3n) is 5.09. The number of nitrogens with one attached hydrogen (secondary N) is 1. The van der Waals surface area contributed by atoms with E-state index in [0.717, 1.165) is 6.04 Å². The van der Waals surface area contributed by atoms with Crippen LogP contribution < -0.4 is 5.32 Å². The predicted octanol–water partition coefficient (Wildman–Crippen LogP) is 3.56. The summed E-state index contributed by atoms with van der Waals surface area (Å²) in [6, 6.07) is 0.849. The monoisotopic (exact) mass is 252 g/mol. The van der Waals surface area contributed by atoms with E-state index in [4.69, 9.17) is 0 Å². The number of hydrogen-bond donors (Lipinski definition) is 1. The lowest BCUT2D eigenvalue weighted by Gasteiger charge is -2.51. The van der Waals surface area contributed by atoms with Gasteiger partial charge in [0.1, 0.15) is 0 Å². The molecule has 2 rings (SSSR count). The van der Waals surface area contributed by atoms with E-state index in [9.17, 15) is 0 Å². The fourth-order valence-corrected chi connectivity index (χ4v) is 3.76. The van der Waals surface area contributed by atoms with Crippen molar-refractivity contribution in [2.24, 2.45) is 0 Å². The summed E-state index contributed by atoms with van der Waals surface area (Å²) in [6.07, 6.45) is 12.6. The molecule has 2 heteroatoms. The molecule has 0 bridgehead atoms. The molecular formula is C16H32N2. The van der Waals surface area contributed by atoms with Gasteiger partial charge in [-0.15, -0.1) is 0 Å². The molecule has 2 fully saturated rings. The van der Waals surface area contributed by atoms with Gasteiger partial charge in [0.15, 0.2) is 0 Å². The van der Waals surface area contributed by atoms with Gasteiger partial charge in [-0.2, -0.15) is 0 Å². The van der Waals surface area contributed by atoms with Crippen molar-refractivity contribution in [2.45, 2.75) is 83.2 Å². The van der Waals surface area contributed by atoms with Crippen LogP contribution in [-0.4, -0.2) is 36.1 Å². The zero-order chi connectivity index (χ0) is 12.8. The van der Waals surface area contributed by atoms with Crippen LogP contribution in [0.2, 0.25) is 0 Å². The maximum Gasteiger partial charge on any atom is 0.0321 e. The quantitative estimate of drug-likeness (QED) is 0.697. The Bertz CT molecular complexity index is 235. The average Bonchev–Trinajstić information content (AvgIpc) is 2.37. The van der Waals surface area contributed by atoms with Crippen molar-refractivity contribution in [3.8, 4) is 0 Å². The molecule has 2 heterocycles. The maximum absolute atomic E-state index is 3.70. The molecule has 2 aliphatic rings. The number of hydrogen-bond acceptors (Lipinski definition) is 2. The maximum atomic E-state index is 3.70. The first-order valence-electron chi connectivity index (χ1n) is 8.29. The van der Waals surface area contributed by atoms with Crippen molar-refractivity contribution in [3.63, 3.8) is 0 Å². The standard InChI is InChI=1S/C16H32N2/c1-3-5-6-7-9-15(4-2)18-13-8-10-16(14-18)11-12-17-16/h15,17H,3-14H2,1-2H3. The van der Waals surface area contributed by atoms with E-state index in [0.29, 0.717) is 5.54 Å². The molecule has 1 N–H and O–H groups in total. The van der Waals surface area contributed by atoms with Gasteiger partial charge >= 0.3 is 0 Å². The Morgan fingerprint density at radius 3 is 2.61 bits per heavy atom. The molecule has 1 spiro atoms. The average molecular weight is 252 g/mol. The van der Waals surface area contributed by atoms with Crippen molar-refractivity contribution in [3.05, 3.63) is 0 Å². The number of likely N-dealkylation sites (tertiary alicyclic amines) is 1. The highest BCUT2D eigenvalue weighted by Gasteiger charge is 2.41. The van der Waals surface area contributed by atoms with Gasteiger partial charge in [-0.1, -0.05) is 39.5 Å². The minimum atomic E-state index is 0.523. The van der Waals surface area contributed by atoms with Gasteiger partial charge in [0.2, 0.25) is 0 Å². The lowest BCUT2D eigenvalue weighted by atomic mass is 9.79. The van der Waals surface area contributed by atoms with Crippen LogP contribution in [0.15, 0.2) is 0 Å².